The van der Waals surface area contributed by atoms with Crippen molar-refractivity contribution in [2.75, 3.05) is 11.9 Å². The minimum atomic E-state index is 0.0525. The molecule has 0 saturated heterocycles. The van der Waals surface area contributed by atoms with Gasteiger partial charge in [-0.05, 0) is 49.4 Å². The Hall–Kier alpha value is -1.35. The van der Waals surface area contributed by atoms with Crippen LogP contribution in [0.25, 0.3) is 0 Å². The molecule has 0 fully saturated rings. The summed E-state index contributed by atoms with van der Waals surface area (Å²) in [7, 11) is 0. The van der Waals surface area contributed by atoms with Crippen LogP contribution in [0.2, 0.25) is 0 Å². The molecule has 1 aromatic rings. The van der Waals surface area contributed by atoms with Gasteiger partial charge in [0.2, 0.25) is 5.91 Å². The van der Waals surface area contributed by atoms with Gasteiger partial charge in [-0.15, -0.1) is 0 Å². The van der Waals surface area contributed by atoms with Gasteiger partial charge in [0.15, 0.2) is 0 Å². The van der Waals surface area contributed by atoms with Crippen LogP contribution in [0.1, 0.15) is 32.3 Å². The summed E-state index contributed by atoms with van der Waals surface area (Å²) in [5.74, 6) is 0.900. The van der Waals surface area contributed by atoms with E-state index in [9.17, 15) is 4.79 Å². The van der Waals surface area contributed by atoms with Crippen LogP contribution in [0.15, 0.2) is 24.3 Å². The SMILES string of the molecule is Cc1cccc(NC(=O)CC(CN)CC(C)C)c1. The number of nitrogens with one attached hydrogen (secondary N) is 1. The fourth-order valence-electron chi connectivity index (χ4n) is 2.13. The lowest BCUT2D eigenvalue weighted by Gasteiger charge is -2.16. The third-order valence-electron chi connectivity index (χ3n) is 2.91. The van der Waals surface area contributed by atoms with Crippen LogP contribution < -0.4 is 11.1 Å². The number of anilines is 1. The molecule has 0 aliphatic heterocycles. The number of carbonyl (C=O) groups is 1. The molecule has 1 aromatic carbocycles. The van der Waals surface area contributed by atoms with E-state index in [2.05, 4.69) is 19.2 Å². The zero-order valence-electron chi connectivity index (χ0n) is 11.6. The van der Waals surface area contributed by atoms with E-state index in [-0.39, 0.29) is 11.8 Å². The molecule has 0 spiro atoms. The second-order valence-electron chi connectivity index (χ2n) is 5.35. The van der Waals surface area contributed by atoms with E-state index < -0.39 is 0 Å². The highest BCUT2D eigenvalue weighted by atomic mass is 16.1. The summed E-state index contributed by atoms with van der Waals surface area (Å²) in [6, 6.07) is 7.83. The number of aryl methyl sites for hydroxylation is 1. The quantitative estimate of drug-likeness (QED) is 0.813. The van der Waals surface area contributed by atoms with Gasteiger partial charge in [0, 0.05) is 12.1 Å². The Kier molecular flexibility index (Phi) is 5.86. The normalized spacial score (nSPS) is 12.5. The molecule has 3 nitrogen and oxygen atoms in total. The monoisotopic (exact) mass is 248 g/mol. The summed E-state index contributed by atoms with van der Waals surface area (Å²) in [6.45, 7) is 6.89. The molecule has 0 aliphatic rings. The highest BCUT2D eigenvalue weighted by molar-refractivity contribution is 5.90. The van der Waals surface area contributed by atoms with Gasteiger partial charge in [0.1, 0.15) is 0 Å². The summed E-state index contributed by atoms with van der Waals surface area (Å²) in [4.78, 5) is 11.9. The summed E-state index contributed by atoms with van der Waals surface area (Å²) >= 11 is 0. The van der Waals surface area contributed by atoms with E-state index in [0.29, 0.717) is 18.9 Å². The van der Waals surface area contributed by atoms with Crippen LogP contribution in [-0.2, 0) is 4.79 Å². The fraction of sp³-hybridized carbons (Fsp3) is 0.533. The first kappa shape index (κ1) is 14.7. The summed E-state index contributed by atoms with van der Waals surface area (Å²) in [5, 5.41) is 2.93. The third kappa shape index (κ3) is 5.32. The summed E-state index contributed by atoms with van der Waals surface area (Å²) < 4.78 is 0. The second-order valence-corrected chi connectivity index (χ2v) is 5.35. The number of nitrogens with two attached hydrogens (primary N) is 1. The smallest absolute Gasteiger partial charge is 0.224 e. The van der Waals surface area contributed by atoms with Crippen molar-refractivity contribution in [3.05, 3.63) is 29.8 Å². The molecule has 1 atom stereocenters. The molecule has 0 heterocycles. The molecule has 100 valence electrons. The molecule has 0 saturated carbocycles. The van der Waals surface area contributed by atoms with Crippen molar-refractivity contribution in [2.45, 2.75) is 33.6 Å². The predicted octanol–water partition coefficient (Wildman–Crippen LogP) is 2.94. The van der Waals surface area contributed by atoms with Gasteiger partial charge in [-0.2, -0.15) is 0 Å². The Labute approximate surface area is 110 Å². The van der Waals surface area contributed by atoms with Crippen LogP contribution in [0.5, 0.6) is 0 Å². The van der Waals surface area contributed by atoms with Crippen molar-refractivity contribution in [1.29, 1.82) is 0 Å². The van der Waals surface area contributed by atoms with E-state index in [4.69, 9.17) is 5.73 Å². The average molecular weight is 248 g/mol. The van der Waals surface area contributed by atoms with Gasteiger partial charge in [-0.25, -0.2) is 0 Å². The summed E-state index contributed by atoms with van der Waals surface area (Å²) in [5.41, 5.74) is 7.71. The first-order valence-corrected chi connectivity index (χ1v) is 6.57. The fourth-order valence-corrected chi connectivity index (χ4v) is 2.13. The highest BCUT2D eigenvalue weighted by Crippen LogP contribution is 2.16. The van der Waals surface area contributed by atoms with Crippen molar-refractivity contribution >= 4 is 11.6 Å². The molecule has 0 aromatic heterocycles. The van der Waals surface area contributed by atoms with Gasteiger partial charge in [0.05, 0.1) is 0 Å². The Morgan fingerprint density at radius 3 is 2.67 bits per heavy atom. The van der Waals surface area contributed by atoms with E-state index in [1.54, 1.807) is 0 Å². The number of hydrogen-bond donors (Lipinski definition) is 2. The zero-order valence-corrected chi connectivity index (χ0v) is 11.6. The van der Waals surface area contributed by atoms with Gasteiger partial charge >= 0.3 is 0 Å². The lowest BCUT2D eigenvalue weighted by Crippen LogP contribution is -2.23. The molecule has 1 amide bonds. The van der Waals surface area contributed by atoms with Crippen LogP contribution >= 0.6 is 0 Å². The van der Waals surface area contributed by atoms with Crippen molar-refractivity contribution in [2.24, 2.45) is 17.6 Å². The number of amides is 1. The molecule has 3 N–H and O–H groups in total. The van der Waals surface area contributed by atoms with Crippen LogP contribution in [-0.4, -0.2) is 12.5 Å². The van der Waals surface area contributed by atoms with Crippen LogP contribution in [0, 0.1) is 18.8 Å². The Balaban J connectivity index is 2.50. The maximum absolute atomic E-state index is 11.9. The third-order valence-corrected chi connectivity index (χ3v) is 2.91. The number of benzene rings is 1. The zero-order chi connectivity index (χ0) is 13.5. The highest BCUT2D eigenvalue weighted by Gasteiger charge is 2.14. The minimum Gasteiger partial charge on any atom is -0.330 e. The molecular formula is C15H24N2O. The van der Waals surface area contributed by atoms with Crippen molar-refractivity contribution in [1.82, 2.24) is 0 Å². The Bertz CT molecular complexity index is 388. The molecule has 3 heteroatoms. The topological polar surface area (TPSA) is 55.1 Å². The van der Waals surface area contributed by atoms with Crippen molar-refractivity contribution in [3.8, 4) is 0 Å². The molecular weight excluding hydrogens is 224 g/mol. The van der Waals surface area contributed by atoms with Gasteiger partial charge in [-0.1, -0.05) is 26.0 Å². The number of hydrogen-bond acceptors (Lipinski definition) is 2. The number of rotatable bonds is 6. The Morgan fingerprint density at radius 2 is 2.11 bits per heavy atom. The van der Waals surface area contributed by atoms with Gasteiger partial charge in [0.25, 0.3) is 0 Å². The summed E-state index contributed by atoms with van der Waals surface area (Å²) in [6.07, 6.45) is 1.50. The van der Waals surface area contributed by atoms with Gasteiger partial charge < -0.3 is 11.1 Å². The maximum atomic E-state index is 11.9. The van der Waals surface area contributed by atoms with Crippen LogP contribution in [0.3, 0.4) is 0 Å². The Morgan fingerprint density at radius 1 is 1.39 bits per heavy atom. The maximum Gasteiger partial charge on any atom is 0.224 e. The van der Waals surface area contributed by atoms with Crippen molar-refractivity contribution < 1.29 is 4.79 Å². The lowest BCUT2D eigenvalue weighted by atomic mass is 9.94. The van der Waals surface area contributed by atoms with E-state index in [1.165, 1.54) is 0 Å². The largest absolute Gasteiger partial charge is 0.330 e. The standard InChI is InChI=1S/C15H24N2O/c1-11(2)7-13(10-16)9-15(18)17-14-6-4-5-12(3)8-14/h4-6,8,11,13H,7,9-10,16H2,1-3H3,(H,17,18). The van der Waals surface area contributed by atoms with E-state index in [0.717, 1.165) is 17.7 Å². The average Bonchev–Trinajstić information content (AvgIpc) is 2.27. The van der Waals surface area contributed by atoms with E-state index >= 15 is 0 Å². The minimum absolute atomic E-state index is 0.0525. The van der Waals surface area contributed by atoms with Gasteiger partial charge in [-0.3, -0.25) is 4.79 Å². The van der Waals surface area contributed by atoms with Crippen LogP contribution in [0.4, 0.5) is 5.69 Å². The lowest BCUT2D eigenvalue weighted by molar-refractivity contribution is -0.117. The second kappa shape index (κ2) is 7.17. The molecule has 0 bridgehead atoms. The van der Waals surface area contributed by atoms with Crippen molar-refractivity contribution in [3.63, 3.8) is 0 Å². The molecule has 18 heavy (non-hydrogen) atoms. The predicted molar refractivity (Wildman–Crippen MR) is 76.4 cm³/mol. The first-order valence-electron chi connectivity index (χ1n) is 6.57. The molecule has 1 unspecified atom stereocenters. The number of carbonyl (C=O) groups excluding carboxylic acids is 1. The molecule has 1 rings (SSSR count). The van der Waals surface area contributed by atoms with E-state index in [1.807, 2.05) is 31.2 Å². The first-order chi connectivity index (χ1) is 8.51. The molecule has 0 aliphatic carbocycles. The molecule has 0 radical (unpaired) electrons.